The van der Waals surface area contributed by atoms with Crippen molar-refractivity contribution in [1.82, 2.24) is 20.5 Å². The van der Waals surface area contributed by atoms with Gasteiger partial charge in [-0.15, -0.1) is 11.3 Å². The number of aliphatic hydroxyl groups is 1. The number of aliphatic hydroxyl groups excluding tert-OH is 1. The maximum atomic E-state index is 14.7. The number of carbonyl (C=O) groups is 4. The summed E-state index contributed by atoms with van der Waals surface area (Å²) in [7, 11) is 0. The molecular formula is C46H55F3IN5O8S. The molecule has 4 N–H and O–H groups in total. The standard InChI is InChI=1S/C46H55F3IN5O8S/c1-28-43(64-27-53-28)30-8-6-29(7-9-30)23-52-44(59)39-22-32(56)24-55(39)45(60)35(46(2,3)4)21-33(57)25-63-19-18-61-17-15-51-14-5-16-62-26-40(58)34-11-12-36(47)41(49)42(34)54-38-13-10-31(50)20-37(38)48/h6-13,20,27,32,35,39,51,54,56H,5,14-19,21-26H2,1-4H3,(H,52,59)/t32-,35-,39+/m1/s1. The number of aryl methyl sites for hydroxylation is 1. The van der Waals surface area contributed by atoms with Gasteiger partial charge in [0, 0.05) is 54.1 Å². The van der Waals surface area contributed by atoms with Crippen molar-refractivity contribution in [3.63, 3.8) is 0 Å². The highest BCUT2D eigenvalue weighted by atomic mass is 127. The van der Waals surface area contributed by atoms with E-state index in [-0.39, 0.29) is 87.8 Å². The molecule has 0 aliphatic carbocycles. The predicted octanol–water partition coefficient (Wildman–Crippen LogP) is 7.00. The molecule has 0 spiro atoms. The van der Waals surface area contributed by atoms with Crippen molar-refractivity contribution in [3.8, 4) is 10.4 Å². The number of β-amino-alcohol motifs (C(OH)–C–C–N with tert-alkyl or cyclic N) is 1. The van der Waals surface area contributed by atoms with E-state index in [0.29, 0.717) is 29.7 Å². The van der Waals surface area contributed by atoms with E-state index in [4.69, 9.17) is 14.2 Å². The van der Waals surface area contributed by atoms with Crippen molar-refractivity contribution in [3.05, 3.63) is 98.0 Å². The predicted molar refractivity (Wildman–Crippen MR) is 246 cm³/mol. The van der Waals surface area contributed by atoms with Gasteiger partial charge in [0.1, 0.15) is 25.1 Å². The first-order valence-electron chi connectivity index (χ1n) is 21.0. The Bertz CT molecular complexity index is 2220. The molecule has 1 saturated heterocycles. The lowest BCUT2D eigenvalue weighted by atomic mass is 9.77. The topological polar surface area (TPSA) is 168 Å². The van der Waals surface area contributed by atoms with Gasteiger partial charge in [-0.05, 0) is 89.4 Å². The molecule has 18 heteroatoms. The number of rotatable bonds is 24. The number of ketones is 2. The molecule has 3 aromatic carbocycles. The summed E-state index contributed by atoms with van der Waals surface area (Å²) in [5.41, 5.74) is 3.32. The molecule has 0 saturated carbocycles. The number of thiazole rings is 1. The van der Waals surface area contributed by atoms with Gasteiger partial charge in [-0.1, -0.05) is 45.0 Å². The zero-order valence-corrected chi connectivity index (χ0v) is 39.3. The van der Waals surface area contributed by atoms with Gasteiger partial charge in [0.25, 0.3) is 0 Å². The van der Waals surface area contributed by atoms with Crippen LogP contribution in [-0.2, 0) is 35.1 Å². The van der Waals surface area contributed by atoms with Crippen LogP contribution in [0.4, 0.5) is 24.5 Å². The number of aromatic nitrogens is 1. The number of likely N-dealkylation sites (tertiary alicyclic amines) is 1. The number of hydrogen-bond acceptors (Lipinski definition) is 12. The first kappa shape index (κ1) is 50.7. The van der Waals surface area contributed by atoms with Crippen LogP contribution in [0.1, 0.15) is 61.6 Å². The van der Waals surface area contributed by atoms with Gasteiger partial charge in [0.2, 0.25) is 11.8 Å². The first-order chi connectivity index (χ1) is 30.5. The van der Waals surface area contributed by atoms with Gasteiger partial charge in [-0.2, -0.15) is 0 Å². The van der Waals surface area contributed by atoms with Crippen LogP contribution in [-0.4, -0.2) is 110 Å². The molecule has 2 amide bonds. The monoisotopic (exact) mass is 1020 g/mol. The molecule has 3 atom stereocenters. The number of amides is 2. The number of carbonyl (C=O) groups excluding carboxylic acids is 4. The second-order valence-electron chi connectivity index (χ2n) is 16.5. The molecule has 0 bridgehead atoms. The van der Waals surface area contributed by atoms with E-state index in [1.54, 1.807) is 22.9 Å². The number of nitrogens with one attached hydrogen (secondary N) is 3. The van der Waals surface area contributed by atoms with Crippen molar-refractivity contribution in [2.75, 3.05) is 64.6 Å². The smallest absolute Gasteiger partial charge is 0.243 e. The molecule has 0 radical (unpaired) electrons. The number of Topliss-reactive ketones (excluding diaryl/α,β-unsaturated/α-hetero) is 2. The minimum absolute atomic E-state index is 0.000598. The lowest BCUT2D eigenvalue weighted by Gasteiger charge is -2.34. The van der Waals surface area contributed by atoms with E-state index in [9.17, 15) is 37.5 Å². The normalized spacial score (nSPS) is 15.6. The van der Waals surface area contributed by atoms with Crippen LogP contribution in [0.2, 0.25) is 0 Å². The average Bonchev–Trinajstić information content (AvgIpc) is 3.87. The van der Waals surface area contributed by atoms with Gasteiger partial charge >= 0.3 is 0 Å². The molecule has 1 aliphatic rings. The van der Waals surface area contributed by atoms with Crippen molar-refractivity contribution >= 4 is 68.7 Å². The van der Waals surface area contributed by atoms with E-state index in [0.717, 1.165) is 33.8 Å². The molecule has 1 aromatic heterocycles. The van der Waals surface area contributed by atoms with E-state index in [1.165, 1.54) is 17.0 Å². The second kappa shape index (κ2) is 24.3. The van der Waals surface area contributed by atoms with Crippen molar-refractivity contribution in [1.29, 1.82) is 0 Å². The number of hydrogen-bond donors (Lipinski definition) is 4. The summed E-state index contributed by atoms with van der Waals surface area (Å²) in [4.78, 5) is 60.0. The van der Waals surface area contributed by atoms with Gasteiger partial charge in [-0.25, -0.2) is 18.2 Å². The van der Waals surface area contributed by atoms with Crippen LogP contribution >= 0.6 is 33.9 Å². The molecule has 2 heterocycles. The molecule has 4 aromatic rings. The largest absolute Gasteiger partial charge is 0.391 e. The Labute approximate surface area is 389 Å². The second-order valence-corrected chi connectivity index (χ2v) is 18.6. The Morgan fingerprint density at radius 3 is 2.38 bits per heavy atom. The number of nitrogens with zero attached hydrogens (tertiary/aromatic N) is 2. The van der Waals surface area contributed by atoms with Crippen molar-refractivity contribution < 1.29 is 51.7 Å². The van der Waals surface area contributed by atoms with Gasteiger partial charge in [0.15, 0.2) is 23.2 Å². The summed E-state index contributed by atoms with van der Waals surface area (Å²) in [6, 6.07) is 13.1. The minimum Gasteiger partial charge on any atom is -0.391 e. The fourth-order valence-corrected chi connectivity index (χ4v) is 8.33. The molecule has 5 rings (SSSR count). The van der Waals surface area contributed by atoms with Crippen LogP contribution in [0, 0.1) is 39.3 Å². The lowest BCUT2D eigenvalue weighted by molar-refractivity contribution is -0.146. The van der Waals surface area contributed by atoms with Crippen LogP contribution in [0.15, 0.2) is 60.1 Å². The molecule has 0 unspecified atom stereocenters. The minimum atomic E-state index is -1.30. The lowest BCUT2D eigenvalue weighted by Crippen LogP contribution is -2.50. The third-order valence-corrected chi connectivity index (χ3v) is 12.2. The summed E-state index contributed by atoms with van der Waals surface area (Å²) in [6.07, 6.45) is -0.306. The number of anilines is 2. The molecular weight excluding hydrogens is 966 g/mol. The maximum Gasteiger partial charge on any atom is 0.243 e. The van der Waals surface area contributed by atoms with Crippen molar-refractivity contribution in [2.45, 2.75) is 65.6 Å². The highest BCUT2D eigenvalue weighted by molar-refractivity contribution is 14.1. The maximum absolute atomic E-state index is 14.7. The third kappa shape index (κ3) is 14.6. The Morgan fingerprint density at radius 1 is 0.938 bits per heavy atom. The Kier molecular flexibility index (Phi) is 19.2. The van der Waals surface area contributed by atoms with Crippen LogP contribution in [0.5, 0.6) is 0 Å². The Balaban J connectivity index is 0.945. The van der Waals surface area contributed by atoms with E-state index in [1.807, 2.05) is 74.6 Å². The van der Waals surface area contributed by atoms with Gasteiger partial charge in [0.05, 0.1) is 53.4 Å². The van der Waals surface area contributed by atoms with Crippen LogP contribution < -0.4 is 16.0 Å². The summed E-state index contributed by atoms with van der Waals surface area (Å²) in [5, 5.41) is 19.1. The highest BCUT2D eigenvalue weighted by Gasteiger charge is 2.44. The molecule has 346 valence electrons. The zero-order chi connectivity index (χ0) is 46.4. The fraction of sp³-hybridized carbons (Fsp3) is 0.457. The third-order valence-electron chi connectivity index (χ3n) is 10.6. The number of ether oxygens (including phenoxy) is 3. The Hall–Kier alpha value is -4.31. The van der Waals surface area contributed by atoms with Crippen LogP contribution in [0.3, 0.4) is 0 Å². The molecule has 64 heavy (non-hydrogen) atoms. The van der Waals surface area contributed by atoms with E-state index < -0.39 is 52.4 Å². The summed E-state index contributed by atoms with van der Waals surface area (Å²) < 4.78 is 60.3. The first-order valence-corrected chi connectivity index (χ1v) is 22.9. The number of halogens is 4. The summed E-state index contributed by atoms with van der Waals surface area (Å²) in [6.45, 7) is 9.22. The molecule has 13 nitrogen and oxygen atoms in total. The molecule has 1 fully saturated rings. The quantitative estimate of drug-likeness (QED) is 0.0324. The fourth-order valence-electron chi connectivity index (χ4n) is 7.06. The molecule has 1 aliphatic heterocycles. The van der Waals surface area contributed by atoms with Crippen LogP contribution in [0.25, 0.3) is 10.4 Å². The zero-order valence-electron chi connectivity index (χ0n) is 36.3. The average molecular weight is 1020 g/mol. The SMILES string of the molecule is Cc1ncsc1-c1ccc(CNC(=O)[C@@H]2C[C@@H](O)CN2C(=O)[C@@H](CC(=O)COCCOCCNCCCOCC(=O)c2ccc(F)c(F)c2Nc2ccc(I)cc2F)C(C)(C)C)cc1. The Morgan fingerprint density at radius 2 is 1.67 bits per heavy atom. The highest BCUT2D eigenvalue weighted by Crippen LogP contribution is 2.34. The summed E-state index contributed by atoms with van der Waals surface area (Å²) in [5.74, 6) is -5.51. The summed E-state index contributed by atoms with van der Waals surface area (Å²) >= 11 is 3.48. The van der Waals surface area contributed by atoms with Gasteiger partial charge in [-0.3, -0.25) is 19.2 Å². The van der Waals surface area contributed by atoms with Crippen molar-refractivity contribution in [2.24, 2.45) is 11.3 Å². The van der Waals surface area contributed by atoms with Gasteiger partial charge < -0.3 is 40.2 Å². The number of benzene rings is 3. The van der Waals surface area contributed by atoms with E-state index >= 15 is 0 Å². The van der Waals surface area contributed by atoms with E-state index in [2.05, 4.69) is 20.9 Å².